The molecule has 3 rings (SSSR count). The lowest BCUT2D eigenvalue weighted by atomic mass is 10.1. The maximum Gasteiger partial charge on any atom is 0.174 e. The molecule has 0 radical (unpaired) electrons. The van der Waals surface area contributed by atoms with Crippen LogP contribution in [0.25, 0.3) is 23.0 Å². The minimum Gasteiger partial charge on any atom is -0.493 e. The van der Waals surface area contributed by atoms with Crippen LogP contribution in [0, 0.1) is 11.3 Å². The third kappa shape index (κ3) is 3.28. The van der Waals surface area contributed by atoms with Gasteiger partial charge in [0.15, 0.2) is 23.1 Å². The molecule has 6 nitrogen and oxygen atoms in total. The summed E-state index contributed by atoms with van der Waals surface area (Å²) in [6.07, 6.45) is 1.75. The van der Waals surface area contributed by atoms with Crippen molar-refractivity contribution in [1.29, 1.82) is 5.26 Å². The van der Waals surface area contributed by atoms with Gasteiger partial charge >= 0.3 is 0 Å². The highest BCUT2D eigenvalue weighted by Crippen LogP contribution is 2.29. The summed E-state index contributed by atoms with van der Waals surface area (Å²) < 4.78 is 12.4. The molecule has 0 N–H and O–H groups in total. The minimum absolute atomic E-state index is 0.411. The van der Waals surface area contributed by atoms with Crippen LogP contribution < -0.4 is 9.47 Å². The van der Waals surface area contributed by atoms with Gasteiger partial charge in [-0.15, -0.1) is 10.2 Å². The van der Waals surface area contributed by atoms with Gasteiger partial charge in [-0.2, -0.15) is 5.26 Å². The molecule has 0 amide bonds. The zero-order chi connectivity index (χ0) is 18.5. The van der Waals surface area contributed by atoms with Gasteiger partial charge in [-0.25, -0.2) is 0 Å². The first-order valence-corrected chi connectivity index (χ1v) is 7.97. The number of nitriles is 1. The first kappa shape index (κ1) is 17.2. The van der Waals surface area contributed by atoms with E-state index in [1.165, 1.54) is 0 Å². The largest absolute Gasteiger partial charge is 0.493 e. The molecule has 1 aromatic heterocycles. The van der Waals surface area contributed by atoms with Crippen molar-refractivity contribution in [3.8, 4) is 29.0 Å². The van der Waals surface area contributed by atoms with Gasteiger partial charge < -0.3 is 14.0 Å². The summed E-state index contributed by atoms with van der Waals surface area (Å²) in [5, 5.41) is 18.1. The average Bonchev–Trinajstić information content (AvgIpc) is 3.07. The zero-order valence-electron chi connectivity index (χ0n) is 14.8. The molecule has 130 valence electrons. The maximum absolute atomic E-state index is 9.62. The predicted octanol–water partition coefficient (Wildman–Crippen LogP) is 3.56. The first-order valence-electron chi connectivity index (χ1n) is 7.97. The van der Waals surface area contributed by atoms with Crippen LogP contribution >= 0.6 is 0 Å². The Morgan fingerprint density at radius 3 is 2.42 bits per heavy atom. The summed E-state index contributed by atoms with van der Waals surface area (Å²) in [4.78, 5) is 0. The van der Waals surface area contributed by atoms with Crippen LogP contribution in [0.15, 0.2) is 48.5 Å². The van der Waals surface area contributed by atoms with E-state index in [4.69, 9.17) is 9.47 Å². The highest BCUT2D eigenvalue weighted by atomic mass is 16.5. The second-order valence-corrected chi connectivity index (χ2v) is 5.56. The monoisotopic (exact) mass is 346 g/mol. The molecule has 0 atom stereocenters. The Morgan fingerprint density at radius 2 is 1.77 bits per heavy atom. The van der Waals surface area contributed by atoms with Gasteiger partial charge in [0, 0.05) is 12.6 Å². The minimum atomic E-state index is 0.411. The number of allylic oxidation sites excluding steroid dienone is 1. The van der Waals surface area contributed by atoms with Crippen LogP contribution in [0.4, 0.5) is 0 Å². The van der Waals surface area contributed by atoms with Crippen molar-refractivity contribution >= 4 is 11.6 Å². The second-order valence-electron chi connectivity index (χ2n) is 5.56. The molecule has 0 saturated heterocycles. The summed E-state index contributed by atoms with van der Waals surface area (Å²) in [5.74, 6) is 2.44. The van der Waals surface area contributed by atoms with E-state index < -0.39 is 0 Å². The van der Waals surface area contributed by atoms with E-state index in [0.29, 0.717) is 28.7 Å². The van der Waals surface area contributed by atoms with Crippen molar-refractivity contribution in [3.05, 3.63) is 59.9 Å². The van der Waals surface area contributed by atoms with Crippen LogP contribution in [0.2, 0.25) is 0 Å². The molecule has 0 saturated carbocycles. The SMILES string of the molecule is COc1ccc(C=C(C#N)c2nnc(-c3ccccc3)n2C)cc1OC. The fraction of sp³-hybridized carbons (Fsp3) is 0.150. The molecule has 0 spiro atoms. The lowest BCUT2D eigenvalue weighted by molar-refractivity contribution is 0.355. The van der Waals surface area contributed by atoms with Gasteiger partial charge in [-0.3, -0.25) is 0 Å². The fourth-order valence-electron chi connectivity index (χ4n) is 2.66. The molecule has 0 fully saturated rings. The third-order valence-electron chi connectivity index (χ3n) is 3.99. The molecule has 1 heterocycles. The van der Waals surface area contributed by atoms with Gasteiger partial charge in [0.05, 0.1) is 19.8 Å². The molecule has 0 unspecified atom stereocenters. The molecular formula is C20H18N4O2. The quantitative estimate of drug-likeness (QED) is 0.661. The number of hydrogen-bond acceptors (Lipinski definition) is 5. The first-order chi connectivity index (χ1) is 12.7. The van der Waals surface area contributed by atoms with E-state index in [-0.39, 0.29) is 0 Å². The van der Waals surface area contributed by atoms with Crippen LogP contribution in [-0.2, 0) is 7.05 Å². The predicted molar refractivity (Wildman–Crippen MR) is 99.5 cm³/mol. The van der Waals surface area contributed by atoms with E-state index in [1.807, 2.05) is 54.1 Å². The summed E-state index contributed by atoms with van der Waals surface area (Å²) in [7, 11) is 5.00. The van der Waals surface area contributed by atoms with E-state index in [2.05, 4.69) is 16.3 Å². The Hall–Kier alpha value is -3.59. The van der Waals surface area contributed by atoms with Crippen LogP contribution in [0.3, 0.4) is 0 Å². The number of aromatic nitrogens is 3. The lowest BCUT2D eigenvalue weighted by Crippen LogP contribution is -1.98. The van der Waals surface area contributed by atoms with E-state index in [1.54, 1.807) is 26.4 Å². The van der Waals surface area contributed by atoms with Gasteiger partial charge in [-0.05, 0) is 23.8 Å². The van der Waals surface area contributed by atoms with Gasteiger partial charge in [0.1, 0.15) is 6.07 Å². The Labute approximate surface area is 151 Å². The standard InChI is InChI=1S/C20H18N4O2/c1-24-19(15-7-5-4-6-8-15)22-23-20(24)16(13-21)11-14-9-10-17(25-2)18(12-14)26-3/h4-12H,1-3H3. The van der Waals surface area contributed by atoms with Crippen molar-refractivity contribution in [3.63, 3.8) is 0 Å². The topological polar surface area (TPSA) is 73.0 Å². The van der Waals surface area contributed by atoms with Crippen LogP contribution in [0.5, 0.6) is 11.5 Å². The highest BCUT2D eigenvalue weighted by Gasteiger charge is 2.14. The molecule has 0 bridgehead atoms. The molecule has 6 heteroatoms. The van der Waals surface area contributed by atoms with E-state index in [0.717, 1.165) is 11.1 Å². The number of ether oxygens (including phenoxy) is 2. The average molecular weight is 346 g/mol. The normalized spacial score (nSPS) is 11.1. The number of nitrogens with zero attached hydrogens (tertiary/aromatic N) is 4. The van der Waals surface area contributed by atoms with Crippen LogP contribution in [-0.4, -0.2) is 29.0 Å². The van der Waals surface area contributed by atoms with E-state index >= 15 is 0 Å². The Kier molecular flexibility index (Phi) is 4.99. The summed E-state index contributed by atoms with van der Waals surface area (Å²) in [5.41, 5.74) is 2.16. The molecule has 0 aliphatic rings. The lowest BCUT2D eigenvalue weighted by Gasteiger charge is -2.08. The summed E-state index contributed by atoms with van der Waals surface area (Å²) in [6, 6.07) is 17.4. The van der Waals surface area contributed by atoms with Crippen LogP contribution in [0.1, 0.15) is 11.4 Å². The van der Waals surface area contributed by atoms with Crippen molar-refractivity contribution in [1.82, 2.24) is 14.8 Å². The molecule has 2 aromatic carbocycles. The van der Waals surface area contributed by atoms with Crippen molar-refractivity contribution in [2.24, 2.45) is 7.05 Å². The molecular weight excluding hydrogens is 328 g/mol. The van der Waals surface area contributed by atoms with Gasteiger partial charge in [0.25, 0.3) is 0 Å². The van der Waals surface area contributed by atoms with Gasteiger partial charge in [-0.1, -0.05) is 36.4 Å². The van der Waals surface area contributed by atoms with Gasteiger partial charge in [0.2, 0.25) is 0 Å². The number of methoxy groups -OCH3 is 2. The highest BCUT2D eigenvalue weighted by molar-refractivity contribution is 5.88. The van der Waals surface area contributed by atoms with Crippen molar-refractivity contribution < 1.29 is 9.47 Å². The maximum atomic E-state index is 9.62. The molecule has 0 aliphatic heterocycles. The molecule has 3 aromatic rings. The Bertz CT molecular complexity index is 985. The van der Waals surface area contributed by atoms with Crippen molar-refractivity contribution in [2.75, 3.05) is 14.2 Å². The second kappa shape index (κ2) is 7.53. The zero-order valence-corrected chi connectivity index (χ0v) is 14.8. The smallest absolute Gasteiger partial charge is 0.174 e. The Balaban J connectivity index is 2.01. The number of rotatable bonds is 5. The number of benzene rings is 2. The summed E-state index contributed by atoms with van der Waals surface area (Å²) in [6.45, 7) is 0. The van der Waals surface area contributed by atoms with Crippen molar-refractivity contribution in [2.45, 2.75) is 0 Å². The number of hydrogen-bond donors (Lipinski definition) is 0. The Morgan fingerprint density at radius 1 is 1.04 bits per heavy atom. The third-order valence-corrected chi connectivity index (χ3v) is 3.99. The molecule has 26 heavy (non-hydrogen) atoms. The van der Waals surface area contributed by atoms with E-state index in [9.17, 15) is 5.26 Å². The fourth-order valence-corrected chi connectivity index (χ4v) is 2.66. The molecule has 0 aliphatic carbocycles. The summed E-state index contributed by atoms with van der Waals surface area (Å²) >= 11 is 0.